The molecule has 2 aromatic carbocycles. The molecule has 3 heterocycles. The van der Waals surface area contributed by atoms with Crippen molar-refractivity contribution in [1.82, 2.24) is 4.98 Å². The van der Waals surface area contributed by atoms with Crippen LogP contribution in [0.2, 0.25) is 0 Å². The highest BCUT2D eigenvalue weighted by atomic mass is 32.1. The Morgan fingerprint density at radius 3 is 2.70 bits per heavy atom. The Morgan fingerprint density at radius 1 is 1.15 bits per heavy atom. The van der Waals surface area contributed by atoms with Gasteiger partial charge in [-0.1, -0.05) is 29.5 Å². The maximum absolute atomic E-state index is 13.4. The van der Waals surface area contributed by atoms with Crippen LogP contribution in [0.1, 0.15) is 33.5 Å². The first-order chi connectivity index (χ1) is 15.9. The van der Waals surface area contributed by atoms with Crippen LogP contribution in [0.15, 0.2) is 75.5 Å². The quantitative estimate of drug-likeness (QED) is 0.303. The van der Waals surface area contributed by atoms with Crippen molar-refractivity contribution >= 4 is 44.1 Å². The third-order valence-electron chi connectivity index (χ3n) is 5.45. The van der Waals surface area contributed by atoms with Crippen molar-refractivity contribution in [2.75, 3.05) is 4.90 Å². The van der Waals surface area contributed by atoms with E-state index in [1.165, 1.54) is 34.4 Å². The van der Waals surface area contributed by atoms with Crippen LogP contribution >= 0.6 is 11.3 Å². The number of anilines is 1. The average molecular weight is 459 g/mol. The van der Waals surface area contributed by atoms with Crippen LogP contribution in [0.4, 0.5) is 10.8 Å². The number of hydrogen-bond acceptors (Lipinski definition) is 8. The van der Waals surface area contributed by atoms with E-state index in [2.05, 4.69) is 10.2 Å². The SMILES string of the molecule is Cc1ccc2nc(N3C(=O)C(O)=C(C(=O)c4ccc(C)o4)C3c3cccc(N=O)c3)sc2c1. The van der Waals surface area contributed by atoms with Gasteiger partial charge in [-0.2, -0.15) is 0 Å². The number of carbonyl (C=O) groups is 2. The lowest BCUT2D eigenvalue weighted by Crippen LogP contribution is -2.30. The molecule has 1 unspecified atom stereocenters. The minimum absolute atomic E-state index is 0.00158. The highest BCUT2D eigenvalue weighted by molar-refractivity contribution is 7.22. The number of amides is 1. The molecule has 8 nitrogen and oxygen atoms in total. The van der Waals surface area contributed by atoms with Gasteiger partial charge in [0, 0.05) is 0 Å². The van der Waals surface area contributed by atoms with E-state index in [1.54, 1.807) is 25.1 Å². The van der Waals surface area contributed by atoms with E-state index < -0.39 is 23.5 Å². The van der Waals surface area contributed by atoms with E-state index in [4.69, 9.17) is 4.42 Å². The summed E-state index contributed by atoms with van der Waals surface area (Å²) < 4.78 is 6.33. The van der Waals surface area contributed by atoms with Crippen molar-refractivity contribution in [1.29, 1.82) is 0 Å². The molecular weight excluding hydrogens is 442 g/mol. The minimum atomic E-state index is -1.02. The summed E-state index contributed by atoms with van der Waals surface area (Å²) in [5.74, 6) is -1.54. The Kier molecular flexibility index (Phi) is 4.90. The number of furan rings is 1. The van der Waals surface area contributed by atoms with Crippen LogP contribution in [0, 0.1) is 18.8 Å². The molecule has 5 rings (SSSR count). The molecule has 4 aromatic rings. The van der Waals surface area contributed by atoms with Gasteiger partial charge in [-0.25, -0.2) is 4.98 Å². The Morgan fingerprint density at radius 2 is 1.97 bits per heavy atom. The van der Waals surface area contributed by atoms with E-state index in [0.717, 1.165) is 10.3 Å². The monoisotopic (exact) mass is 459 g/mol. The van der Waals surface area contributed by atoms with Crippen LogP contribution < -0.4 is 4.90 Å². The lowest BCUT2D eigenvalue weighted by atomic mass is 9.95. The number of hydrogen-bond donors (Lipinski definition) is 1. The average Bonchev–Trinajstić information content (AvgIpc) is 3.49. The summed E-state index contributed by atoms with van der Waals surface area (Å²) in [6.07, 6.45) is 0. The Balaban J connectivity index is 1.70. The molecule has 1 aliphatic rings. The number of fused-ring (bicyclic) bond motifs is 1. The predicted molar refractivity (Wildman–Crippen MR) is 124 cm³/mol. The van der Waals surface area contributed by atoms with Crippen molar-refractivity contribution in [2.24, 2.45) is 5.18 Å². The second-order valence-electron chi connectivity index (χ2n) is 7.73. The molecule has 1 atom stereocenters. The number of carbonyl (C=O) groups excluding carboxylic acids is 2. The van der Waals surface area contributed by atoms with Gasteiger partial charge < -0.3 is 9.52 Å². The molecule has 0 saturated heterocycles. The molecule has 0 radical (unpaired) electrons. The molecule has 1 aliphatic heterocycles. The lowest BCUT2D eigenvalue weighted by molar-refractivity contribution is -0.117. The molecule has 2 aromatic heterocycles. The summed E-state index contributed by atoms with van der Waals surface area (Å²) in [7, 11) is 0. The van der Waals surface area contributed by atoms with Crippen molar-refractivity contribution in [3.63, 3.8) is 0 Å². The minimum Gasteiger partial charge on any atom is -0.503 e. The highest BCUT2D eigenvalue weighted by Gasteiger charge is 2.46. The highest BCUT2D eigenvalue weighted by Crippen LogP contribution is 2.44. The molecule has 1 amide bonds. The first kappa shape index (κ1) is 20.8. The number of thiazole rings is 1. The number of aliphatic hydroxyl groups excluding tert-OH is 1. The molecule has 0 bridgehead atoms. The Bertz CT molecular complexity index is 1480. The third kappa shape index (κ3) is 3.42. The predicted octanol–water partition coefficient (Wildman–Crippen LogP) is 5.69. The second kappa shape index (κ2) is 7.79. The first-order valence-electron chi connectivity index (χ1n) is 10.1. The Labute approximate surface area is 191 Å². The molecule has 164 valence electrons. The summed E-state index contributed by atoms with van der Waals surface area (Å²) in [6, 6.07) is 14.1. The largest absolute Gasteiger partial charge is 0.503 e. The summed E-state index contributed by atoms with van der Waals surface area (Å²) >= 11 is 1.27. The van der Waals surface area contributed by atoms with E-state index >= 15 is 0 Å². The fraction of sp³-hybridized carbons (Fsp3) is 0.125. The molecule has 0 fully saturated rings. The van der Waals surface area contributed by atoms with E-state index in [9.17, 15) is 19.6 Å². The molecule has 1 N–H and O–H groups in total. The fourth-order valence-electron chi connectivity index (χ4n) is 3.91. The number of nitroso groups, excluding NO2 is 1. The summed E-state index contributed by atoms with van der Waals surface area (Å²) in [4.78, 5) is 43.6. The number of nitrogens with zero attached hydrogens (tertiary/aromatic N) is 3. The van der Waals surface area contributed by atoms with Crippen molar-refractivity contribution in [2.45, 2.75) is 19.9 Å². The third-order valence-corrected chi connectivity index (χ3v) is 6.46. The van der Waals surface area contributed by atoms with Crippen molar-refractivity contribution in [3.8, 4) is 0 Å². The number of aryl methyl sites for hydroxylation is 2. The van der Waals surface area contributed by atoms with Crippen LogP contribution in [0.25, 0.3) is 10.2 Å². The molecule has 0 aliphatic carbocycles. The van der Waals surface area contributed by atoms with Crippen LogP contribution in [0.3, 0.4) is 0 Å². The fourth-order valence-corrected chi connectivity index (χ4v) is 5.00. The van der Waals surface area contributed by atoms with Gasteiger partial charge in [0.1, 0.15) is 11.4 Å². The zero-order valence-corrected chi connectivity index (χ0v) is 18.4. The zero-order valence-electron chi connectivity index (χ0n) is 17.6. The van der Waals surface area contributed by atoms with Gasteiger partial charge in [0.15, 0.2) is 16.7 Å². The summed E-state index contributed by atoms with van der Waals surface area (Å²) in [6.45, 7) is 3.65. The number of aromatic nitrogens is 1. The molecule has 0 spiro atoms. The van der Waals surface area contributed by atoms with E-state index in [1.807, 2.05) is 25.1 Å². The van der Waals surface area contributed by atoms with Gasteiger partial charge in [0.25, 0.3) is 5.91 Å². The maximum Gasteiger partial charge on any atom is 0.296 e. The normalized spacial score (nSPS) is 16.1. The smallest absolute Gasteiger partial charge is 0.296 e. The molecular formula is C24H17N3O5S. The number of ketones is 1. The zero-order chi connectivity index (χ0) is 23.3. The van der Waals surface area contributed by atoms with Crippen molar-refractivity contribution < 1.29 is 19.1 Å². The Hall–Kier alpha value is -4.11. The van der Waals surface area contributed by atoms with Crippen molar-refractivity contribution in [3.05, 3.63) is 93.5 Å². The van der Waals surface area contributed by atoms with E-state index in [0.29, 0.717) is 22.0 Å². The lowest BCUT2D eigenvalue weighted by Gasteiger charge is -2.24. The number of aliphatic hydroxyl groups is 1. The van der Waals surface area contributed by atoms with Crippen LogP contribution in [-0.4, -0.2) is 21.8 Å². The van der Waals surface area contributed by atoms with Gasteiger partial charge >= 0.3 is 0 Å². The first-order valence-corrected chi connectivity index (χ1v) is 10.9. The van der Waals surface area contributed by atoms with Gasteiger partial charge in [0.05, 0.1) is 21.8 Å². The standard InChI is InChI=1S/C24H17N3O5S/c1-12-6-8-16-18(10-12)33-24(25-16)27-20(14-4-3-5-15(11-14)26-31)19(22(29)23(27)30)21(28)17-9-7-13(2)32-17/h3-11,20,29H,1-2H3. The summed E-state index contributed by atoms with van der Waals surface area (Å²) in [5, 5.41) is 14.1. The maximum atomic E-state index is 13.4. The topological polar surface area (TPSA) is 113 Å². The molecule has 9 heteroatoms. The number of rotatable bonds is 5. The number of benzene rings is 2. The molecule has 33 heavy (non-hydrogen) atoms. The van der Waals surface area contributed by atoms with Gasteiger partial charge in [-0.3, -0.25) is 14.5 Å². The van der Waals surface area contributed by atoms with Crippen LogP contribution in [0.5, 0.6) is 0 Å². The van der Waals surface area contributed by atoms with Crippen LogP contribution in [-0.2, 0) is 4.79 Å². The second-order valence-corrected chi connectivity index (χ2v) is 8.74. The van der Waals surface area contributed by atoms with Gasteiger partial charge in [-0.15, -0.1) is 4.91 Å². The van der Waals surface area contributed by atoms with E-state index in [-0.39, 0.29) is 17.0 Å². The van der Waals surface area contributed by atoms with Gasteiger partial charge in [-0.05, 0) is 66.5 Å². The van der Waals surface area contributed by atoms with Gasteiger partial charge in [0.2, 0.25) is 5.78 Å². The number of Topliss-reactive ketones (excluding diaryl/α,β-unsaturated/α-hetero) is 1. The molecule has 0 saturated carbocycles. The summed E-state index contributed by atoms with van der Waals surface area (Å²) in [5.41, 5.74) is 2.15.